The number of nitrogens with zero attached hydrogens (tertiary/aromatic N) is 1. The Hall–Kier alpha value is -1.57. The smallest absolute Gasteiger partial charge is 0.241 e. The fourth-order valence-corrected chi connectivity index (χ4v) is 5.73. The summed E-state index contributed by atoms with van der Waals surface area (Å²) in [5, 5.41) is 0. The van der Waals surface area contributed by atoms with Crippen molar-refractivity contribution in [1.82, 2.24) is 4.98 Å². The molecule has 0 aliphatic carbocycles. The van der Waals surface area contributed by atoms with Crippen molar-refractivity contribution in [2.45, 2.75) is 148 Å². The van der Waals surface area contributed by atoms with E-state index < -0.39 is 0 Å². The van der Waals surface area contributed by atoms with Crippen LogP contribution in [0.5, 0.6) is 0 Å². The van der Waals surface area contributed by atoms with Crippen LogP contribution in [0.25, 0.3) is 0 Å². The van der Waals surface area contributed by atoms with Crippen LogP contribution in [0.4, 0.5) is 0 Å². The average Bonchev–Trinajstić information content (AvgIpc) is 3.42. The zero-order chi connectivity index (χ0) is 24.8. The minimum absolute atomic E-state index is 0.600. The Bertz CT molecular complexity index is 678. The van der Waals surface area contributed by atoms with Gasteiger partial charge in [-0.15, -0.1) is 0 Å². The van der Waals surface area contributed by atoms with E-state index in [-0.39, 0.29) is 0 Å². The highest BCUT2D eigenvalue weighted by Crippen LogP contribution is 2.28. The number of nitrogens with one attached hydrogen (secondary N) is 1. The summed E-state index contributed by atoms with van der Waals surface area (Å²) in [5.74, 6) is 0.713. The maximum atomic E-state index is 3.27. The maximum Gasteiger partial charge on any atom is 0.241 e. The summed E-state index contributed by atoms with van der Waals surface area (Å²) in [6.07, 6.45) is 34.5. The second-order valence-electron chi connectivity index (χ2n) is 11.0. The van der Waals surface area contributed by atoms with E-state index in [9.17, 15) is 0 Å². The predicted octanol–water partition coefficient (Wildman–Crippen LogP) is 10.2. The van der Waals surface area contributed by atoms with Gasteiger partial charge in [0, 0.05) is 5.92 Å². The normalized spacial score (nSPS) is 13.2. The molecule has 0 bridgehead atoms. The third-order valence-electron chi connectivity index (χ3n) is 7.85. The lowest BCUT2D eigenvalue weighted by Crippen LogP contribution is -2.42. The zero-order valence-electron chi connectivity index (χ0n) is 23.4. The molecule has 2 aromatic rings. The van der Waals surface area contributed by atoms with Crippen molar-refractivity contribution in [3.63, 3.8) is 0 Å². The molecule has 2 unspecified atom stereocenters. The summed E-state index contributed by atoms with van der Waals surface area (Å²) >= 11 is 0. The lowest BCUT2D eigenvalue weighted by atomic mass is 9.85. The predicted molar refractivity (Wildman–Crippen MR) is 153 cm³/mol. The standard InChI is InChI=1S/C33H56N2/c1-3-5-6-7-8-9-10-11-12-13-14-15-16-17-18-22-26-32(29-31-24-20-19-21-25-31)33(23-4-2)35-28-27-34-30-35/h19-21,24-25,27-28,30,32-33H,3-18,22-23,26,29H2,1-2H3/p+1. The van der Waals surface area contributed by atoms with E-state index in [2.05, 4.69) is 72.5 Å². The fraction of sp³-hybridized carbons (Fsp3) is 0.727. The molecule has 0 radical (unpaired) electrons. The Morgan fingerprint density at radius 2 is 1.17 bits per heavy atom. The first-order valence-electron chi connectivity index (χ1n) is 15.4. The summed E-state index contributed by atoms with van der Waals surface area (Å²) in [6.45, 7) is 4.63. The molecule has 198 valence electrons. The minimum atomic E-state index is 0.600. The van der Waals surface area contributed by atoms with E-state index in [1.807, 2.05) is 0 Å². The number of benzene rings is 1. The lowest BCUT2D eigenvalue weighted by Gasteiger charge is -2.25. The largest absolute Gasteiger partial charge is 0.250 e. The quantitative estimate of drug-likeness (QED) is 0.120. The summed E-state index contributed by atoms with van der Waals surface area (Å²) in [7, 11) is 0. The highest BCUT2D eigenvalue weighted by Gasteiger charge is 2.26. The monoisotopic (exact) mass is 481 g/mol. The Kier molecular flexibility index (Phi) is 17.5. The number of imidazole rings is 1. The van der Waals surface area contributed by atoms with Gasteiger partial charge in [0.15, 0.2) is 0 Å². The molecular weight excluding hydrogens is 424 g/mol. The van der Waals surface area contributed by atoms with Gasteiger partial charge in [0.05, 0.1) is 0 Å². The van der Waals surface area contributed by atoms with Gasteiger partial charge in [-0.2, -0.15) is 0 Å². The molecule has 0 amide bonds. The maximum absolute atomic E-state index is 3.27. The summed E-state index contributed by atoms with van der Waals surface area (Å²) in [4.78, 5) is 3.27. The Labute approximate surface area is 218 Å². The van der Waals surface area contributed by atoms with Crippen LogP contribution in [0, 0.1) is 5.92 Å². The third kappa shape index (κ3) is 13.9. The van der Waals surface area contributed by atoms with Gasteiger partial charge >= 0.3 is 0 Å². The highest BCUT2D eigenvalue weighted by molar-refractivity contribution is 5.15. The topological polar surface area (TPSA) is 19.7 Å². The van der Waals surface area contributed by atoms with Crippen molar-refractivity contribution in [2.75, 3.05) is 0 Å². The first kappa shape index (κ1) is 29.7. The number of unbranched alkanes of at least 4 members (excludes halogenated alkanes) is 15. The van der Waals surface area contributed by atoms with Gasteiger partial charge < -0.3 is 0 Å². The van der Waals surface area contributed by atoms with E-state index in [1.54, 1.807) is 0 Å². The van der Waals surface area contributed by atoms with Crippen molar-refractivity contribution in [1.29, 1.82) is 0 Å². The van der Waals surface area contributed by atoms with Crippen LogP contribution in [-0.4, -0.2) is 4.98 Å². The van der Waals surface area contributed by atoms with Crippen molar-refractivity contribution in [3.8, 4) is 0 Å². The fourth-order valence-electron chi connectivity index (χ4n) is 5.73. The van der Waals surface area contributed by atoms with Crippen LogP contribution in [0.3, 0.4) is 0 Å². The summed E-state index contributed by atoms with van der Waals surface area (Å²) in [6, 6.07) is 11.7. The number of rotatable bonds is 23. The minimum Gasteiger partial charge on any atom is -0.250 e. The highest BCUT2D eigenvalue weighted by atomic mass is 15.1. The van der Waals surface area contributed by atoms with E-state index in [0.29, 0.717) is 12.0 Å². The first-order chi connectivity index (χ1) is 17.3. The van der Waals surface area contributed by atoms with Crippen LogP contribution in [0.1, 0.15) is 147 Å². The molecular formula is C33H57N2+. The Morgan fingerprint density at radius 1 is 0.629 bits per heavy atom. The van der Waals surface area contributed by atoms with Gasteiger partial charge in [-0.1, -0.05) is 153 Å². The van der Waals surface area contributed by atoms with Gasteiger partial charge in [-0.3, -0.25) is 4.98 Å². The number of hydrogen-bond acceptors (Lipinski definition) is 0. The van der Waals surface area contributed by atoms with Crippen LogP contribution in [0.15, 0.2) is 49.1 Å². The molecule has 0 aliphatic heterocycles. The second kappa shape index (κ2) is 20.6. The van der Waals surface area contributed by atoms with E-state index in [4.69, 9.17) is 0 Å². The van der Waals surface area contributed by atoms with Gasteiger partial charge in [0.1, 0.15) is 18.4 Å². The molecule has 0 aliphatic rings. The van der Waals surface area contributed by atoms with Crippen molar-refractivity contribution in [2.24, 2.45) is 5.92 Å². The van der Waals surface area contributed by atoms with Gasteiger partial charge in [-0.05, 0) is 24.8 Å². The average molecular weight is 482 g/mol. The second-order valence-corrected chi connectivity index (χ2v) is 11.0. The number of aromatic nitrogens is 2. The molecule has 35 heavy (non-hydrogen) atoms. The number of aromatic amines is 1. The molecule has 2 heteroatoms. The molecule has 1 N–H and O–H groups in total. The number of H-pyrrole nitrogens is 1. The zero-order valence-corrected chi connectivity index (χ0v) is 23.4. The third-order valence-corrected chi connectivity index (χ3v) is 7.85. The van der Waals surface area contributed by atoms with Crippen molar-refractivity contribution < 1.29 is 4.57 Å². The molecule has 1 heterocycles. The molecule has 0 fully saturated rings. The van der Waals surface area contributed by atoms with E-state index >= 15 is 0 Å². The van der Waals surface area contributed by atoms with Crippen molar-refractivity contribution in [3.05, 3.63) is 54.6 Å². The van der Waals surface area contributed by atoms with E-state index in [0.717, 1.165) is 0 Å². The van der Waals surface area contributed by atoms with Crippen molar-refractivity contribution >= 4 is 0 Å². The summed E-state index contributed by atoms with van der Waals surface area (Å²) in [5.41, 5.74) is 1.49. The molecule has 0 saturated heterocycles. The first-order valence-corrected chi connectivity index (χ1v) is 15.4. The molecule has 2 atom stereocenters. The van der Waals surface area contributed by atoms with Crippen LogP contribution < -0.4 is 4.57 Å². The molecule has 2 rings (SSSR count). The molecule has 2 nitrogen and oxygen atoms in total. The molecule has 0 saturated carbocycles. The lowest BCUT2D eigenvalue weighted by molar-refractivity contribution is -0.730. The number of hydrogen-bond donors (Lipinski definition) is 1. The van der Waals surface area contributed by atoms with Gasteiger partial charge in [0.2, 0.25) is 6.33 Å². The Balaban J connectivity index is 1.57. The SMILES string of the molecule is CCCCCCCCCCCCCCCCCCC(Cc1ccccc1)C(CCC)[n+]1cc[nH]c1. The van der Waals surface area contributed by atoms with Crippen LogP contribution >= 0.6 is 0 Å². The Morgan fingerprint density at radius 3 is 1.66 bits per heavy atom. The van der Waals surface area contributed by atoms with Crippen LogP contribution in [0.2, 0.25) is 0 Å². The molecule has 1 aromatic heterocycles. The molecule has 1 aromatic carbocycles. The van der Waals surface area contributed by atoms with Crippen LogP contribution in [-0.2, 0) is 6.42 Å². The molecule has 0 spiro atoms. The summed E-state index contributed by atoms with van der Waals surface area (Å²) < 4.78 is 2.43. The van der Waals surface area contributed by atoms with Gasteiger partial charge in [-0.25, -0.2) is 4.57 Å². The van der Waals surface area contributed by atoms with Gasteiger partial charge in [0.25, 0.3) is 0 Å². The van der Waals surface area contributed by atoms with E-state index in [1.165, 1.54) is 134 Å².